The zero-order chi connectivity index (χ0) is 15.9. The standard InChI is InChI=1S/C17H33N3O2/c1-3-19(4-2)10-11-22-16-8-9-20(13-16)17(21)14-6-5-7-15(18)12-14/h14-16H,3-13,18H2,1-2H3. The zero-order valence-corrected chi connectivity index (χ0v) is 14.3. The quantitative estimate of drug-likeness (QED) is 0.773. The van der Waals surface area contributed by atoms with Crippen LogP contribution in [-0.2, 0) is 9.53 Å². The highest BCUT2D eigenvalue weighted by Gasteiger charge is 2.33. The third kappa shape index (κ3) is 4.93. The van der Waals surface area contributed by atoms with E-state index < -0.39 is 0 Å². The molecule has 1 amide bonds. The van der Waals surface area contributed by atoms with Gasteiger partial charge in [-0.15, -0.1) is 0 Å². The van der Waals surface area contributed by atoms with Gasteiger partial charge in [0.15, 0.2) is 0 Å². The number of likely N-dealkylation sites (tertiary alicyclic amines) is 1. The lowest BCUT2D eigenvalue weighted by Gasteiger charge is -2.29. The molecule has 0 aromatic rings. The fourth-order valence-electron chi connectivity index (χ4n) is 3.66. The van der Waals surface area contributed by atoms with Gasteiger partial charge in [-0.3, -0.25) is 4.79 Å². The van der Waals surface area contributed by atoms with Gasteiger partial charge in [0.05, 0.1) is 12.7 Å². The molecular weight excluding hydrogens is 278 g/mol. The molecule has 128 valence electrons. The summed E-state index contributed by atoms with van der Waals surface area (Å²) in [7, 11) is 0. The number of hydrogen-bond acceptors (Lipinski definition) is 4. The van der Waals surface area contributed by atoms with Gasteiger partial charge >= 0.3 is 0 Å². The number of nitrogens with two attached hydrogens (primary N) is 1. The Labute approximate surface area is 135 Å². The molecule has 1 saturated heterocycles. The van der Waals surface area contributed by atoms with Gasteiger partial charge in [-0.25, -0.2) is 0 Å². The first-order chi connectivity index (χ1) is 10.6. The number of nitrogens with zero attached hydrogens (tertiary/aromatic N) is 2. The Kier molecular flexibility index (Phi) is 7.12. The van der Waals surface area contributed by atoms with E-state index in [-0.39, 0.29) is 18.1 Å². The number of carbonyl (C=O) groups excluding carboxylic acids is 1. The highest BCUT2D eigenvalue weighted by molar-refractivity contribution is 5.79. The van der Waals surface area contributed by atoms with E-state index in [1.54, 1.807) is 0 Å². The van der Waals surface area contributed by atoms with Crippen LogP contribution in [-0.4, -0.2) is 67.2 Å². The van der Waals surface area contributed by atoms with Crippen LogP contribution < -0.4 is 5.73 Å². The second-order valence-electron chi connectivity index (χ2n) is 6.72. The lowest BCUT2D eigenvalue weighted by molar-refractivity contribution is -0.136. The van der Waals surface area contributed by atoms with Crippen molar-refractivity contribution in [1.82, 2.24) is 9.80 Å². The average Bonchev–Trinajstić information content (AvgIpc) is 2.99. The van der Waals surface area contributed by atoms with Gasteiger partial charge in [-0.1, -0.05) is 20.3 Å². The Morgan fingerprint density at radius 2 is 2.05 bits per heavy atom. The number of ether oxygens (including phenoxy) is 1. The van der Waals surface area contributed by atoms with Crippen molar-refractivity contribution >= 4 is 5.91 Å². The third-order valence-corrected chi connectivity index (χ3v) is 5.18. The maximum Gasteiger partial charge on any atom is 0.225 e. The normalized spacial score (nSPS) is 29.3. The van der Waals surface area contributed by atoms with Crippen molar-refractivity contribution < 1.29 is 9.53 Å². The van der Waals surface area contributed by atoms with Crippen molar-refractivity contribution in [3.05, 3.63) is 0 Å². The molecule has 0 aromatic carbocycles. The van der Waals surface area contributed by atoms with Crippen LogP contribution in [0.4, 0.5) is 0 Å². The van der Waals surface area contributed by atoms with Crippen LogP contribution in [0, 0.1) is 5.92 Å². The van der Waals surface area contributed by atoms with Crippen LogP contribution in [0.1, 0.15) is 46.0 Å². The topological polar surface area (TPSA) is 58.8 Å². The largest absolute Gasteiger partial charge is 0.375 e. The smallest absolute Gasteiger partial charge is 0.225 e. The van der Waals surface area contributed by atoms with E-state index in [1.165, 1.54) is 0 Å². The summed E-state index contributed by atoms with van der Waals surface area (Å²) in [6.07, 6.45) is 5.23. The average molecular weight is 311 g/mol. The number of hydrogen-bond donors (Lipinski definition) is 1. The minimum atomic E-state index is 0.151. The number of amides is 1. The summed E-state index contributed by atoms with van der Waals surface area (Å²) in [5.41, 5.74) is 6.01. The molecule has 1 aliphatic carbocycles. The third-order valence-electron chi connectivity index (χ3n) is 5.18. The van der Waals surface area contributed by atoms with Gasteiger partial charge in [0.1, 0.15) is 0 Å². The maximum absolute atomic E-state index is 12.6. The summed E-state index contributed by atoms with van der Waals surface area (Å²) in [4.78, 5) is 16.9. The van der Waals surface area contributed by atoms with E-state index in [2.05, 4.69) is 18.7 Å². The first-order valence-electron chi connectivity index (χ1n) is 9.02. The van der Waals surface area contributed by atoms with Crippen LogP contribution in [0.3, 0.4) is 0 Å². The van der Waals surface area contributed by atoms with Crippen LogP contribution in [0.5, 0.6) is 0 Å². The molecule has 5 nitrogen and oxygen atoms in total. The predicted molar refractivity (Wildman–Crippen MR) is 88.7 cm³/mol. The minimum Gasteiger partial charge on any atom is -0.375 e. The summed E-state index contributed by atoms with van der Waals surface area (Å²) in [5, 5.41) is 0. The lowest BCUT2D eigenvalue weighted by atomic mass is 9.85. The molecule has 1 heterocycles. The van der Waals surface area contributed by atoms with E-state index in [0.717, 1.165) is 71.4 Å². The highest BCUT2D eigenvalue weighted by atomic mass is 16.5. The highest BCUT2D eigenvalue weighted by Crippen LogP contribution is 2.26. The van der Waals surface area contributed by atoms with Crippen LogP contribution >= 0.6 is 0 Å². The van der Waals surface area contributed by atoms with Crippen molar-refractivity contribution in [3.63, 3.8) is 0 Å². The van der Waals surface area contributed by atoms with Gasteiger partial charge in [0.25, 0.3) is 0 Å². The van der Waals surface area contributed by atoms with Gasteiger partial charge in [0.2, 0.25) is 5.91 Å². The van der Waals surface area contributed by atoms with Gasteiger partial charge < -0.3 is 20.3 Å². The summed E-state index contributed by atoms with van der Waals surface area (Å²) >= 11 is 0. The summed E-state index contributed by atoms with van der Waals surface area (Å²) in [6, 6.07) is 0.214. The molecule has 5 heteroatoms. The molecule has 2 N–H and O–H groups in total. The van der Waals surface area contributed by atoms with Gasteiger partial charge in [-0.05, 0) is 38.8 Å². The zero-order valence-electron chi connectivity index (χ0n) is 14.3. The van der Waals surface area contributed by atoms with Crippen molar-refractivity contribution in [2.24, 2.45) is 11.7 Å². The monoisotopic (exact) mass is 311 g/mol. The molecular formula is C17H33N3O2. The Morgan fingerprint density at radius 3 is 2.73 bits per heavy atom. The van der Waals surface area contributed by atoms with Crippen molar-refractivity contribution in [2.75, 3.05) is 39.3 Å². The second kappa shape index (κ2) is 8.85. The lowest BCUT2D eigenvalue weighted by Crippen LogP contribution is -2.40. The predicted octanol–water partition coefficient (Wildman–Crippen LogP) is 1.46. The number of rotatable bonds is 7. The first kappa shape index (κ1) is 17.7. The SMILES string of the molecule is CCN(CC)CCOC1CCN(C(=O)C2CCCC(N)C2)C1. The molecule has 1 saturated carbocycles. The van der Waals surface area contributed by atoms with Gasteiger partial charge in [0, 0.05) is 31.6 Å². The Balaban J connectivity index is 1.69. The van der Waals surface area contributed by atoms with E-state index in [4.69, 9.17) is 10.5 Å². The molecule has 22 heavy (non-hydrogen) atoms. The molecule has 0 radical (unpaired) electrons. The van der Waals surface area contributed by atoms with E-state index >= 15 is 0 Å². The summed E-state index contributed by atoms with van der Waals surface area (Å²) in [6.45, 7) is 9.85. The van der Waals surface area contributed by atoms with Crippen molar-refractivity contribution in [3.8, 4) is 0 Å². The molecule has 3 atom stereocenters. The Bertz CT molecular complexity index is 347. The van der Waals surface area contributed by atoms with E-state index in [1.807, 2.05) is 4.90 Å². The van der Waals surface area contributed by atoms with Crippen LogP contribution in [0.15, 0.2) is 0 Å². The Hall–Kier alpha value is -0.650. The number of likely N-dealkylation sites (N-methyl/N-ethyl adjacent to an activating group) is 1. The molecule has 2 rings (SSSR count). The molecule has 0 spiro atoms. The van der Waals surface area contributed by atoms with E-state index in [0.29, 0.717) is 5.91 Å². The second-order valence-corrected chi connectivity index (χ2v) is 6.72. The van der Waals surface area contributed by atoms with Crippen LogP contribution in [0.2, 0.25) is 0 Å². The fraction of sp³-hybridized carbons (Fsp3) is 0.941. The molecule has 1 aliphatic heterocycles. The van der Waals surface area contributed by atoms with Crippen molar-refractivity contribution in [2.45, 2.75) is 58.1 Å². The molecule has 2 aliphatic rings. The van der Waals surface area contributed by atoms with E-state index in [9.17, 15) is 4.79 Å². The Morgan fingerprint density at radius 1 is 1.27 bits per heavy atom. The van der Waals surface area contributed by atoms with Gasteiger partial charge in [-0.2, -0.15) is 0 Å². The fourth-order valence-corrected chi connectivity index (χ4v) is 3.66. The van der Waals surface area contributed by atoms with Crippen LogP contribution in [0.25, 0.3) is 0 Å². The summed E-state index contributed by atoms with van der Waals surface area (Å²) < 4.78 is 5.97. The minimum absolute atomic E-state index is 0.151. The summed E-state index contributed by atoms with van der Waals surface area (Å²) in [5.74, 6) is 0.461. The first-order valence-corrected chi connectivity index (χ1v) is 9.02. The molecule has 0 bridgehead atoms. The molecule has 2 fully saturated rings. The maximum atomic E-state index is 12.6. The number of carbonyl (C=O) groups is 1. The molecule has 3 unspecified atom stereocenters. The van der Waals surface area contributed by atoms with Crippen molar-refractivity contribution in [1.29, 1.82) is 0 Å². The molecule has 0 aromatic heterocycles.